The topological polar surface area (TPSA) is 78.9 Å². The summed E-state index contributed by atoms with van der Waals surface area (Å²) in [7, 11) is 0. The third-order valence-corrected chi connectivity index (χ3v) is 12.2. The lowest BCUT2D eigenvalue weighted by Crippen LogP contribution is -2.30. The van der Waals surface area contributed by atoms with Crippen LogP contribution in [0.3, 0.4) is 0 Å². The van der Waals surface area contributed by atoms with Crippen molar-refractivity contribution in [1.82, 2.24) is 0 Å². The Labute approximate surface area is 414 Å². The number of carbonyl (C=O) groups excluding carboxylic acids is 3. The standard InChI is InChI=1S/C61H106O6/c1-4-7-10-13-16-19-22-25-27-29-31-33-36-39-42-45-48-51-54-60(63)66-57-58(56-65-59(62)53-50-47-44-41-38-35-24-21-18-15-12-9-6-3)67-61(64)55-52-49-46-43-40-37-34-32-30-28-26-23-20-17-14-11-8-5-2/h22,25,27,29,31-35,38,44,47,58H,4-21,23-24,26,28,30,36-37,39-43,45-46,48-57H2,1-3H3/b25-22+,29-27+,33-31+,34-32+,38-35+,47-44+. The van der Waals surface area contributed by atoms with Crippen molar-refractivity contribution in [3.63, 3.8) is 0 Å². The molecule has 0 aromatic rings. The number of rotatable bonds is 51. The van der Waals surface area contributed by atoms with Crippen molar-refractivity contribution < 1.29 is 28.6 Å². The fourth-order valence-corrected chi connectivity index (χ4v) is 7.90. The summed E-state index contributed by atoms with van der Waals surface area (Å²) in [5.74, 6) is -0.996. The van der Waals surface area contributed by atoms with Gasteiger partial charge in [0.25, 0.3) is 0 Å². The third kappa shape index (κ3) is 53.7. The Morgan fingerprint density at radius 2 is 0.627 bits per heavy atom. The molecule has 6 nitrogen and oxygen atoms in total. The van der Waals surface area contributed by atoms with Gasteiger partial charge in [0, 0.05) is 19.3 Å². The molecule has 0 fully saturated rings. The molecule has 1 unspecified atom stereocenters. The zero-order valence-corrected chi connectivity index (χ0v) is 44.2. The van der Waals surface area contributed by atoms with Gasteiger partial charge in [-0.05, 0) is 89.9 Å². The van der Waals surface area contributed by atoms with Gasteiger partial charge in [-0.1, -0.05) is 241 Å². The van der Waals surface area contributed by atoms with Gasteiger partial charge in [-0.3, -0.25) is 14.4 Å². The normalized spacial score (nSPS) is 12.6. The van der Waals surface area contributed by atoms with Crippen molar-refractivity contribution in [3.05, 3.63) is 72.9 Å². The van der Waals surface area contributed by atoms with Crippen LogP contribution in [0.15, 0.2) is 72.9 Å². The average molecular weight is 936 g/mol. The first-order chi connectivity index (χ1) is 33.0. The van der Waals surface area contributed by atoms with Crippen LogP contribution in [0.5, 0.6) is 0 Å². The SMILES string of the molecule is CCCCCCC/C=C/C=C/C=C/CCCCCCCC(=O)OCC(COC(=O)CC/C=C/C/C=C/CCCCCCCC)OC(=O)CCCCCCC/C=C/CCCCCCCCCCC. The van der Waals surface area contributed by atoms with E-state index in [1.54, 1.807) is 0 Å². The van der Waals surface area contributed by atoms with Crippen LogP contribution in [0.4, 0.5) is 0 Å². The molecule has 0 heterocycles. The van der Waals surface area contributed by atoms with Gasteiger partial charge in [0.15, 0.2) is 6.10 Å². The molecule has 0 aliphatic carbocycles. The Hall–Kier alpha value is -3.15. The second kappa shape index (κ2) is 55.4. The number of hydrogen-bond donors (Lipinski definition) is 0. The minimum atomic E-state index is -0.811. The van der Waals surface area contributed by atoms with E-state index < -0.39 is 6.10 Å². The highest BCUT2D eigenvalue weighted by Crippen LogP contribution is 2.14. The van der Waals surface area contributed by atoms with E-state index in [0.717, 1.165) is 89.9 Å². The Morgan fingerprint density at radius 1 is 0.313 bits per heavy atom. The molecule has 0 aromatic heterocycles. The molecule has 386 valence electrons. The summed E-state index contributed by atoms with van der Waals surface area (Å²) in [6.07, 6.45) is 70.4. The Kier molecular flexibility index (Phi) is 52.8. The molecule has 0 spiro atoms. The lowest BCUT2D eigenvalue weighted by atomic mass is 10.1. The van der Waals surface area contributed by atoms with Gasteiger partial charge in [-0.25, -0.2) is 0 Å². The van der Waals surface area contributed by atoms with Crippen molar-refractivity contribution >= 4 is 17.9 Å². The molecule has 1 atom stereocenters. The smallest absolute Gasteiger partial charge is 0.306 e. The van der Waals surface area contributed by atoms with E-state index in [9.17, 15) is 14.4 Å². The van der Waals surface area contributed by atoms with Crippen LogP contribution in [0.2, 0.25) is 0 Å². The highest BCUT2D eigenvalue weighted by Gasteiger charge is 2.19. The summed E-state index contributed by atoms with van der Waals surface area (Å²) in [6.45, 7) is 6.55. The second-order valence-electron chi connectivity index (χ2n) is 18.9. The average Bonchev–Trinajstić information content (AvgIpc) is 3.33. The van der Waals surface area contributed by atoms with Crippen LogP contribution in [-0.4, -0.2) is 37.2 Å². The summed E-state index contributed by atoms with van der Waals surface area (Å²) >= 11 is 0. The maximum atomic E-state index is 12.8. The van der Waals surface area contributed by atoms with Crippen molar-refractivity contribution in [2.45, 2.75) is 284 Å². The van der Waals surface area contributed by atoms with Gasteiger partial charge in [0.05, 0.1) is 0 Å². The molecule has 0 rings (SSSR count). The third-order valence-electron chi connectivity index (χ3n) is 12.2. The molecule has 0 saturated carbocycles. The zero-order valence-electron chi connectivity index (χ0n) is 44.2. The number of esters is 3. The summed E-state index contributed by atoms with van der Waals surface area (Å²) in [5.41, 5.74) is 0. The molecule has 0 saturated heterocycles. The molecule has 0 amide bonds. The molecular formula is C61H106O6. The molecule has 0 bridgehead atoms. The largest absolute Gasteiger partial charge is 0.462 e. The Morgan fingerprint density at radius 3 is 1.04 bits per heavy atom. The maximum absolute atomic E-state index is 12.8. The van der Waals surface area contributed by atoms with Crippen molar-refractivity contribution in [2.24, 2.45) is 0 Å². The molecular weight excluding hydrogens is 829 g/mol. The van der Waals surface area contributed by atoms with Crippen LogP contribution < -0.4 is 0 Å². The molecule has 0 aliphatic heterocycles. The van der Waals surface area contributed by atoms with Crippen LogP contribution in [-0.2, 0) is 28.6 Å². The van der Waals surface area contributed by atoms with E-state index in [-0.39, 0.29) is 37.5 Å². The number of ether oxygens (including phenoxy) is 3. The fourth-order valence-electron chi connectivity index (χ4n) is 7.90. The van der Waals surface area contributed by atoms with Crippen molar-refractivity contribution in [2.75, 3.05) is 13.2 Å². The van der Waals surface area contributed by atoms with Crippen LogP contribution in [0.1, 0.15) is 278 Å². The van der Waals surface area contributed by atoms with Gasteiger partial charge >= 0.3 is 17.9 Å². The minimum Gasteiger partial charge on any atom is -0.462 e. The van der Waals surface area contributed by atoms with Gasteiger partial charge in [-0.2, -0.15) is 0 Å². The molecule has 67 heavy (non-hydrogen) atoms. The summed E-state index contributed by atoms with van der Waals surface area (Å²) in [4.78, 5) is 38.1. The first-order valence-corrected chi connectivity index (χ1v) is 28.5. The number of unbranched alkanes of at least 4 members (excludes halogenated alkanes) is 30. The number of allylic oxidation sites excluding steroid dienone is 12. The lowest BCUT2D eigenvalue weighted by molar-refractivity contribution is -0.166. The minimum absolute atomic E-state index is 0.106. The van der Waals surface area contributed by atoms with Gasteiger partial charge in [0.1, 0.15) is 13.2 Å². The van der Waals surface area contributed by atoms with E-state index in [4.69, 9.17) is 14.2 Å². The van der Waals surface area contributed by atoms with Crippen LogP contribution in [0, 0.1) is 0 Å². The van der Waals surface area contributed by atoms with Crippen LogP contribution in [0.25, 0.3) is 0 Å². The van der Waals surface area contributed by atoms with Gasteiger partial charge in [-0.15, -0.1) is 0 Å². The van der Waals surface area contributed by atoms with E-state index in [0.29, 0.717) is 19.3 Å². The molecule has 0 N–H and O–H groups in total. The van der Waals surface area contributed by atoms with E-state index in [1.165, 1.54) is 141 Å². The fraction of sp³-hybridized carbons (Fsp3) is 0.754. The van der Waals surface area contributed by atoms with E-state index in [2.05, 4.69) is 87.6 Å². The molecule has 0 radical (unpaired) electrons. The second-order valence-corrected chi connectivity index (χ2v) is 18.9. The van der Waals surface area contributed by atoms with Gasteiger partial charge < -0.3 is 14.2 Å². The van der Waals surface area contributed by atoms with E-state index >= 15 is 0 Å². The lowest BCUT2D eigenvalue weighted by Gasteiger charge is -2.18. The monoisotopic (exact) mass is 935 g/mol. The summed E-state index contributed by atoms with van der Waals surface area (Å²) < 4.78 is 16.8. The predicted octanol–water partition coefficient (Wildman–Crippen LogP) is 19.0. The first-order valence-electron chi connectivity index (χ1n) is 28.5. The van der Waals surface area contributed by atoms with Gasteiger partial charge in [0.2, 0.25) is 0 Å². The quantitative estimate of drug-likeness (QED) is 0.0199. The molecule has 0 aliphatic rings. The number of hydrogen-bond acceptors (Lipinski definition) is 6. The zero-order chi connectivity index (χ0) is 48.6. The summed E-state index contributed by atoms with van der Waals surface area (Å²) in [6, 6.07) is 0. The highest BCUT2D eigenvalue weighted by molar-refractivity contribution is 5.71. The molecule has 6 heteroatoms. The summed E-state index contributed by atoms with van der Waals surface area (Å²) in [5, 5.41) is 0. The first kappa shape index (κ1) is 63.8. The number of carbonyl (C=O) groups is 3. The predicted molar refractivity (Wildman–Crippen MR) is 288 cm³/mol. The van der Waals surface area contributed by atoms with Crippen LogP contribution >= 0.6 is 0 Å². The Balaban J connectivity index is 4.47. The maximum Gasteiger partial charge on any atom is 0.306 e. The Bertz CT molecular complexity index is 1260. The molecule has 0 aromatic carbocycles. The van der Waals surface area contributed by atoms with Crippen molar-refractivity contribution in [1.29, 1.82) is 0 Å². The van der Waals surface area contributed by atoms with E-state index in [1.807, 2.05) is 6.08 Å². The highest BCUT2D eigenvalue weighted by atomic mass is 16.6. The van der Waals surface area contributed by atoms with Crippen molar-refractivity contribution in [3.8, 4) is 0 Å².